The van der Waals surface area contributed by atoms with Crippen LogP contribution in [-0.2, 0) is 16.0 Å². The molecule has 2 aromatic rings. The number of rotatable bonds is 2. The lowest BCUT2D eigenvalue weighted by Gasteiger charge is -2.13. The SMILES string of the molecule is Cc1ccccc1S(=O)(=O)c1cc(C(F)(F)F)ccc1N. The predicted molar refractivity (Wildman–Crippen MR) is 72.5 cm³/mol. The maximum Gasteiger partial charge on any atom is 0.416 e. The van der Waals surface area contributed by atoms with Crippen molar-refractivity contribution in [2.24, 2.45) is 0 Å². The highest BCUT2D eigenvalue weighted by Gasteiger charge is 2.33. The van der Waals surface area contributed by atoms with Gasteiger partial charge in [-0.2, -0.15) is 13.2 Å². The molecule has 0 amide bonds. The van der Waals surface area contributed by atoms with E-state index in [1.165, 1.54) is 12.1 Å². The molecule has 0 saturated heterocycles. The van der Waals surface area contributed by atoms with Gasteiger partial charge in [0.25, 0.3) is 0 Å². The molecule has 0 unspecified atom stereocenters. The highest BCUT2D eigenvalue weighted by molar-refractivity contribution is 7.91. The van der Waals surface area contributed by atoms with Crippen LogP contribution in [0.5, 0.6) is 0 Å². The molecule has 0 aromatic heterocycles. The molecule has 0 heterocycles. The molecule has 2 rings (SSSR count). The number of nitrogens with two attached hydrogens (primary N) is 1. The Morgan fingerprint density at radius 1 is 1.00 bits per heavy atom. The van der Waals surface area contributed by atoms with E-state index in [0.29, 0.717) is 11.6 Å². The average Bonchev–Trinajstić information content (AvgIpc) is 2.37. The first-order chi connectivity index (χ1) is 9.64. The topological polar surface area (TPSA) is 60.2 Å². The highest BCUT2D eigenvalue weighted by Crippen LogP contribution is 2.35. The third-order valence-corrected chi connectivity index (χ3v) is 4.98. The summed E-state index contributed by atoms with van der Waals surface area (Å²) in [5, 5.41) is 0. The van der Waals surface area contributed by atoms with E-state index in [1.807, 2.05) is 0 Å². The molecular formula is C14H12F3NO2S. The van der Waals surface area contributed by atoms with E-state index < -0.39 is 26.5 Å². The normalized spacial score (nSPS) is 12.4. The Morgan fingerprint density at radius 3 is 2.19 bits per heavy atom. The van der Waals surface area contributed by atoms with Crippen LogP contribution in [0.4, 0.5) is 18.9 Å². The Hall–Kier alpha value is -2.02. The number of nitrogen functional groups attached to an aromatic ring is 1. The van der Waals surface area contributed by atoms with Crippen LogP contribution in [0.3, 0.4) is 0 Å². The zero-order valence-electron chi connectivity index (χ0n) is 11.0. The maximum absolute atomic E-state index is 12.7. The monoisotopic (exact) mass is 315 g/mol. The fourth-order valence-electron chi connectivity index (χ4n) is 1.92. The highest BCUT2D eigenvalue weighted by atomic mass is 32.2. The molecule has 0 aliphatic rings. The van der Waals surface area contributed by atoms with E-state index in [0.717, 1.165) is 12.1 Å². The molecule has 0 spiro atoms. The van der Waals surface area contributed by atoms with Crippen molar-refractivity contribution < 1.29 is 21.6 Å². The van der Waals surface area contributed by atoms with Gasteiger partial charge in [-0.25, -0.2) is 8.42 Å². The van der Waals surface area contributed by atoms with Crippen LogP contribution in [0.2, 0.25) is 0 Å². The average molecular weight is 315 g/mol. The zero-order chi connectivity index (χ0) is 15.8. The number of benzene rings is 2. The van der Waals surface area contributed by atoms with Gasteiger partial charge >= 0.3 is 6.18 Å². The molecule has 7 heteroatoms. The molecule has 0 aliphatic carbocycles. The van der Waals surface area contributed by atoms with Crippen molar-refractivity contribution in [1.82, 2.24) is 0 Å². The number of alkyl halides is 3. The summed E-state index contributed by atoms with van der Waals surface area (Å²) >= 11 is 0. The number of anilines is 1. The third kappa shape index (κ3) is 2.87. The predicted octanol–water partition coefficient (Wildman–Crippen LogP) is 3.43. The van der Waals surface area contributed by atoms with Gasteiger partial charge in [-0.1, -0.05) is 18.2 Å². The Morgan fingerprint density at radius 2 is 1.62 bits per heavy atom. The molecule has 21 heavy (non-hydrogen) atoms. The van der Waals surface area contributed by atoms with Crippen LogP contribution in [0, 0.1) is 6.92 Å². The molecule has 2 aromatic carbocycles. The third-order valence-electron chi connectivity index (χ3n) is 3.01. The lowest BCUT2D eigenvalue weighted by Crippen LogP contribution is -2.11. The van der Waals surface area contributed by atoms with Crippen molar-refractivity contribution in [3.05, 3.63) is 53.6 Å². The van der Waals surface area contributed by atoms with Crippen molar-refractivity contribution in [2.45, 2.75) is 22.9 Å². The first-order valence-corrected chi connectivity index (χ1v) is 7.40. The summed E-state index contributed by atoms with van der Waals surface area (Å²) in [6, 6.07) is 8.33. The van der Waals surface area contributed by atoms with E-state index in [9.17, 15) is 21.6 Å². The maximum atomic E-state index is 12.7. The second-order valence-electron chi connectivity index (χ2n) is 4.52. The number of aryl methyl sites for hydroxylation is 1. The van der Waals surface area contributed by atoms with E-state index in [-0.39, 0.29) is 10.6 Å². The van der Waals surface area contributed by atoms with Crippen LogP contribution >= 0.6 is 0 Å². The second-order valence-corrected chi connectivity index (χ2v) is 6.41. The summed E-state index contributed by atoms with van der Waals surface area (Å²) in [6.45, 7) is 1.57. The summed E-state index contributed by atoms with van der Waals surface area (Å²) in [5.41, 5.74) is 4.73. The van der Waals surface area contributed by atoms with Gasteiger partial charge in [-0.3, -0.25) is 0 Å². The van der Waals surface area contributed by atoms with E-state index in [2.05, 4.69) is 0 Å². The minimum atomic E-state index is -4.64. The summed E-state index contributed by atoms with van der Waals surface area (Å²) in [6.07, 6.45) is -4.64. The molecule has 0 fully saturated rings. The number of hydrogen-bond donors (Lipinski definition) is 1. The van der Waals surface area contributed by atoms with Gasteiger partial charge in [-0.15, -0.1) is 0 Å². The van der Waals surface area contributed by atoms with Gasteiger partial charge in [-0.05, 0) is 36.8 Å². The van der Waals surface area contributed by atoms with Gasteiger partial charge < -0.3 is 5.73 Å². The summed E-state index contributed by atoms with van der Waals surface area (Å²) < 4.78 is 63.2. The zero-order valence-corrected chi connectivity index (χ0v) is 11.8. The smallest absolute Gasteiger partial charge is 0.398 e. The minimum Gasteiger partial charge on any atom is -0.398 e. The number of sulfone groups is 1. The first kappa shape index (κ1) is 15.4. The molecule has 3 nitrogen and oxygen atoms in total. The van der Waals surface area contributed by atoms with Crippen LogP contribution in [-0.4, -0.2) is 8.42 Å². The summed E-state index contributed by atoms with van der Waals surface area (Å²) in [7, 11) is -4.11. The van der Waals surface area contributed by atoms with Crippen molar-refractivity contribution in [3.8, 4) is 0 Å². The van der Waals surface area contributed by atoms with Gasteiger partial charge in [0.2, 0.25) is 9.84 Å². The fourth-order valence-corrected chi connectivity index (χ4v) is 3.57. The van der Waals surface area contributed by atoms with Crippen molar-refractivity contribution >= 4 is 15.5 Å². The molecule has 2 N–H and O–H groups in total. The van der Waals surface area contributed by atoms with Gasteiger partial charge in [0.05, 0.1) is 21.0 Å². The van der Waals surface area contributed by atoms with Crippen molar-refractivity contribution in [2.75, 3.05) is 5.73 Å². The van der Waals surface area contributed by atoms with E-state index in [4.69, 9.17) is 5.73 Å². The van der Waals surface area contributed by atoms with Gasteiger partial charge in [0.1, 0.15) is 0 Å². The van der Waals surface area contributed by atoms with Crippen molar-refractivity contribution in [1.29, 1.82) is 0 Å². The number of halogens is 3. The Bertz CT molecular complexity index is 783. The van der Waals surface area contributed by atoms with Crippen LogP contribution < -0.4 is 5.73 Å². The summed E-state index contributed by atoms with van der Waals surface area (Å²) in [4.78, 5) is -0.595. The van der Waals surface area contributed by atoms with E-state index in [1.54, 1.807) is 19.1 Å². The molecule has 0 saturated carbocycles. The lowest BCUT2D eigenvalue weighted by molar-refractivity contribution is -0.137. The molecule has 112 valence electrons. The lowest BCUT2D eigenvalue weighted by atomic mass is 10.2. The van der Waals surface area contributed by atoms with Crippen LogP contribution in [0.15, 0.2) is 52.3 Å². The number of hydrogen-bond acceptors (Lipinski definition) is 3. The second kappa shape index (κ2) is 5.07. The first-order valence-electron chi connectivity index (χ1n) is 5.91. The fraction of sp³-hybridized carbons (Fsp3) is 0.143. The molecule has 0 radical (unpaired) electrons. The Balaban J connectivity index is 2.69. The van der Waals surface area contributed by atoms with E-state index >= 15 is 0 Å². The Kier molecular flexibility index (Phi) is 3.71. The quantitative estimate of drug-likeness (QED) is 0.864. The molecular weight excluding hydrogens is 303 g/mol. The van der Waals surface area contributed by atoms with Crippen molar-refractivity contribution in [3.63, 3.8) is 0 Å². The summed E-state index contributed by atoms with van der Waals surface area (Å²) in [5.74, 6) is 0. The van der Waals surface area contributed by atoms with Gasteiger partial charge in [0.15, 0.2) is 0 Å². The molecule has 0 bridgehead atoms. The standard InChI is InChI=1S/C14H12F3NO2S/c1-9-4-2-3-5-12(9)21(19,20)13-8-10(14(15,16)17)6-7-11(13)18/h2-8H,18H2,1H3. The van der Waals surface area contributed by atoms with Crippen LogP contribution in [0.1, 0.15) is 11.1 Å². The van der Waals surface area contributed by atoms with Gasteiger partial charge in [0, 0.05) is 0 Å². The van der Waals surface area contributed by atoms with Crippen LogP contribution in [0.25, 0.3) is 0 Å². The Labute approximate surface area is 120 Å². The molecule has 0 atom stereocenters. The molecule has 0 aliphatic heterocycles. The largest absolute Gasteiger partial charge is 0.416 e. The minimum absolute atomic E-state index is 0.0592.